The van der Waals surface area contributed by atoms with Crippen LogP contribution in [0.15, 0.2) is 48.5 Å². The van der Waals surface area contributed by atoms with Gasteiger partial charge in [-0.15, -0.1) is 12.4 Å². The van der Waals surface area contributed by atoms with E-state index < -0.39 is 6.04 Å². The highest BCUT2D eigenvalue weighted by molar-refractivity contribution is 5.85. The van der Waals surface area contributed by atoms with Crippen molar-refractivity contribution in [2.45, 2.75) is 50.0 Å². The first-order valence-electron chi connectivity index (χ1n) is 10.4. The Bertz CT molecular complexity index is 807. The van der Waals surface area contributed by atoms with Crippen molar-refractivity contribution < 1.29 is 14.3 Å². The summed E-state index contributed by atoms with van der Waals surface area (Å²) in [6, 6.07) is 15.4. The van der Waals surface area contributed by atoms with E-state index in [1.165, 1.54) is 12.0 Å². The lowest BCUT2D eigenvalue weighted by Crippen LogP contribution is -2.48. The highest BCUT2D eigenvalue weighted by atomic mass is 35.5. The molecule has 1 amide bonds. The van der Waals surface area contributed by atoms with Crippen molar-refractivity contribution in [3.05, 3.63) is 59.7 Å². The number of amides is 1. The van der Waals surface area contributed by atoms with Crippen molar-refractivity contribution in [1.29, 1.82) is 0 Å². The lowest BCUT2D eigenvalue weighted by atomic mass is 9.69. The first-order chi connectivity index (χ1) is 14.1. The van der Waals surface area contributed by atoms with Gasteiger partial charge in [0.1, 0.15) is 0 Å². The average molecular weight is 433 g/mol. The summed E-state index contributed by atoms with van der Waals surface area (Å²) in [7, 11) is 3.29. The van der Waals surface area contributed by atoms with Crippen molar-refractivity contribution in [2.75, 3.05) is 20.8 Å². The van der Waals surface area contributed by atoms with E-state index in [4.69, 9.17) is 15.2 Å². The van der Waals surface area contributed by atoms with Crippen molar-refractivity contribution in [3.63, 3.8) is 0 Å². The molecule has 1 aliphatic carbocycles. The Labute approximate surface area is 185 Å². The summed E-state index contributed by atoms with van der Waals surface area (Å²) in [6.45, 7) is 0.587. The van der Waals surface area contributed by atoms with Crippen LogP contribution in [0.2, 0.25) is 0 Å². The third-order valence-electron chi connectivity index (χ3n) is 6.04. The van der Waals surface area contributed by atoms with Gasteiger partial charge >= 0.3 is 0 Å². The number of carbonyl (C=O) groups excluding carboxylic acids is 1. The van der Waals surface area contributed by atoms with Crippen molar-refractivity contribution >= 4 is 18.3 Å². The number of ether oxygens (including phenoxy) is 2. The van der Waals surface area contributed by atoms with Crippen LogP contribution in [0, 0.1) is 0 Å². The highest BCUT2D eigenvalue weighted by Crippen LogP contribution is 2.42. The topological polar surface area (TPSA) is 73.6 Å². The first kappa shape index (κ1) is 24.0. The van der Waals surface area contributed by atoms with E-state index in [1.807, 2.05) is 36.4 Å². The number of hydrogen-bond donors (Lipinski definition) is 2. The Balaban J connectivity index is 0.00000320. The number of halogens is 1. The van der Waals surface area contributed by atoms with Crippen molar-refractivity contribution in [1.82, 2.24) is 5.32 Å². The van der Waals surface area contributed by atoms with Crippen LogP contribution < -0.4 is 20.5 Å². The molecule has 1 aliphatic rings. The fourth-order valence-electron chi connectivity index (χ4n) is 4.31. The van der Waals surface area contributed by atoms with Gasteiger partial charge in [-0.2, -0.15) is 0 Å². The van der Waals surface area contributed by atoms with E-state index in [0.29, 0.717) is 13.0 Å². The van der Waals surface area contributed by atoms with E-state index in [1.54, 1.807) is 14.2 Å². The third-order valence-corrected chi connectivity index (χ3v) is 6.04. The van der Waals surface area contributed by atoms with Gasteiger partial charge in [0.2, 0.25) is 5.91 Å². The molecule has 0 aliphatic heterocycles. The summed E-state index contributed by atoms with van der Waals surface area (Å²) < 4.78 is 10.9. The maximum Gasteiger partial charge on any atom is 0.237 e. The van der Waals surface area contributed by atoms with Gasteiger partial charge in [0, 0.05) is 12.0 Å². The second kappa shape index (κ2) is 11.2. The van der Waals surface area contributed by atoms with Gasteiger partial charge < -0.3 is 20.5 Å². The van der Waals surface area contributed by atoms with Crippen LogP contribution in [0.25, 0.3) is 0 Å². The van der Waals surface area contributed by atoms with E-state index in [-0.39, 0.29) is 23.7 Å². The smallest absolute Gasteiger partial charge is 0.237 e. The normalized spacial score (nSPS) is 16.1. The molecule has 3 N–H and O–H groups in total. The summed E-state index contributed by atoms with van der Waals surface area (Å²) in [5.74, 6) is 1.34. The van der Waals surface area contributed by atoms with Crippen LogP contribution in [-0.4, -0.2) is 32.7 Å². The predicted octanol–water partition coefficient (Wildman–Crippen LogP) is 4.01. The Morgan fingerprint density at radius 3 is 2.33 bits per heavy atom. The van der Waals surface area contributed by atoms with Gasteiger partial charge in [-0.1, -0.05) is 55.7 Å². The summed E-state index contributed by atoms with van der Waals surface area (Å²) in [6.07, 6.45) is 6.15. The number of nitrogens with two attached hydrogens (primary N) is 1. The molecule has 5 nitrogen and oxygen atoms in total. The van der Waals surface area contributed by atoms with E-state index in [9.17, 15) is 4.79 Å². The molecule has 164 valence electrons. The Morgan fingerprint density at radius 1 is 1.03 bits per heavy atom. The minimum Gasteiger partial charge on any atom is -0.493 e. The second-order valence-corrected chi connectivity index (χ2v) is 7.92. The maximum absolute atomic E-state index is 12.7. The third kappa shape index (κ3) is 5.67. The van der Waals surface area contributed by atoms with Gasteiger partial charge in [-0.3, -0.25) is 4.79 Å². The number of carbonyl (C=O) groups is 1. The summed E-state index contributed by atoms with van der Waals surface area (Å²) in [5, 5.41) is 3.14. The van der Waals surface area contributed by atoms with E-state index in [2.05, 4.69) is 17.4 Å². The van der Waals surface area contributed by atoms with E-state index in [0.717, 1.165) is 42.7 Å². The molecule has 0 heterocycles. The second-order valence-electron chi connectivity index (χ2n) is 7.92. The molecule has 6 heteroatoms. The van der Waals surface area contributed by atoms with Gasteiger partial charge in [-0.25, -0.2) is 0 Å². The molecule has 0 spiro atoms. The molecule has 1 fully saturated rings. The number of rotatable bonds is 8. The predicted molar refractivity (Wildman–Crippen MR) is 123 cm³/mol. The molecule has 0 radical (unpaired) electrons. The number of methoxy groups -OCH3 is 2. The zero-order chi connectivity index (χ0) is 20.7. The van der Waals surface area contributed by atoms with Crippen molar-refractivity contribution in [3.8, 4) is 11.5 Å². The van der Waals surface area contributed by atoms with Gasteiger partial charge in [0.05, 0.1) is 20.3 Å². The summed E-state index contributed by atoms with van der Waals surface area (Å²) in [5.41, 5.74) is 8.34. The lowest BCUT2D eigenvalue weighted by molar-refractivity contribution is -0.122. The molecule has 2 aromatic rings. The summed E-state index contributed by atoms with van der Waals surface area (Å²) >= 11 is 0. The standard InChI is InChI=1S/C24H32N2O3.ClH/c1-28-21-12-11-19(16-22(21)29-2)24(13-7-4-8-14-24)17-26-23(27)20(25)15-18-9-5-3-6-10-18;/h3,5-6,9-12,16,20H,4,7-8,13-15,17,25H2,1-2H3,(H,26,27);1H/t20-;/m0./s1. The van der Waals surface area contributed by atoms with Gasteiger partial charge in [0.15, 0.2) is 11.5 Å². The first-order valence-corrected chi connectivity index (χ1v) is 10.4. The van der Waals surface area contributed by atoms with Crippen LogP contribution in [-0.2, 0) is 16.6 Å². The highest BCUT2D eigenvalue weighted by Gasteiger charge is 2.35. The molecule has 1 atom stereocenters. The molecule has 0 saturated heterocycles. The fraction of sp³-hybridized carbons (Fsp3) is 0.458. The number of hydrogen-bond acceptors (Lipinski definition) is 4. The number of nitrogens with one attached hydrogen (secondary N) is 1. The Morgan fingerprint density at radius 2 is 1.70 bits per heavy atom. The maximum atomic E-state index is 12.7. The summed E-state index contributed by atoms with van der Waals surface area (Å²) in [4.78, 5) is 12.7. The average Bonchev–Trinajstić information content (AvgIpc) is 2.78. The minimum absolute atomic E-state index is 0. The largest absolute Gasteiger partial charge is 0.493 e. The van der Waals surface area contributed by atoms with Crippen LogP contribution in [0.1, 0.15) is 43.2 Å². The molecule has 0 bridgehead atoms. The number of benzene rings is 2. The molecule has 2 aromatic carbocycles. The molecule has 0 unspecified atom stereocenters. The Kier molecular flexibility index (Phi) is 9.00. The molecule has 0 aromatic heterocycles. The molecular formula is C24H33ClN2O3. The van der Waals surface area contributed by atoms with Crippen molar-refractivity contribution in [2.24, 2.45) is 5.73 Å². The van der Waals surface area contributed by atoms with Crippen LogP contribution in [0.4, 0.5) is 0 Å². The molecule has 3 rings (SSSR count). The lowest BCUT2D eigenvalue weighted by Gasteiger charge is -2.38. The zero-order valence-electron chi connectivity index (χ0n) is 17.9. The molecular weight excluding hydrogens is 400 g/mol. The van der Waals surface area contributed by atoms with Crippen LogP contribution in [0.5, 0.6) is 11.5 Å². The molecule has 30 heavy (non-hydrogen) atoms. The fourth-order valence-corrected chi connectivity index (χ4v) is 4.31. The zero-order valence-corrected chi connectivity index (χ0v) is 18.7. The minimum atomic E-state index is -0.552. The van der Waals surface area contributed by atoms with E-state index >= 15 is 0 Å². The van der Waals surface area contributed by atoms with Crippen LogP contribution >= 0.6 is 12.4 Å². The van der Waals surface area contributed by atoms with Crippen LogP contribution in [0.3, 0.4) is 0 Å². The Hall–Kier alpha value is -2.24. The molecule has 1 saturated carbocycles. The van der Waals surface area contributed by atoms with Gasteiger partial charge in [-0.05, 0) is 42.5 Å². The SMILES string of the molecule is COc1ccc(C2(CNC(=O)[C@@H](N)Cc3ccccc3)CCCCC2)cc1OC.Cl. The van der Waals surface area contributed by atoms with Gasteiger partial charge in [0.25, 0.3) is 0 Å². The monoisotopic (exact) mass is 432 g/mol. The quantitative estimate of drug-likeness (QED) is 0.660.